The first-order valence-electron chi connectivity index (χ1n) is 10.5. The molecule has 3 saturated carbocycles. The van der Waals surface area contributed by atoms with Crippen molar-refractivity contribution >= 4 is 0 Å². The van der Waals surface area contributed by atoms with Crippen molar-refractivity contribution in [3.05, 3.63) is 11.6 Å². The predicted molar refractivity (Wildman–Crippen MR) is 99.0 cm³/mol. The maximum Gasteiger partial charge on any atom is 0.0704 e. The summed E-state index contributed by atoms with van der Waals surface area (Å²) in [5, 5.41) is 30.8. The Morgan fingerprint density at radius 1 is 1.08 bits per heavy atom. The summed E-state index contributed by atoms with van der Waals surface area (Å²) in [6, 6.07) is 0. The second-order valence-electron chi connectivity index (χ2n) is 10.0. The van der Waals surface area contributed by atoms with Gasteiger partial charge in [-0.05, 0) is 92.8 Å². The van der Waals surface area contributed by atoms with E-state index in [0.717, 1.165) is 57.3 Å². The van der Waals surface area contributed by atoms with Crippen LogP contribution in [0.25, 0.3) is 0 Å². The van der Waals surface area contributed by atoms with Crippen LogP contribution in [0.4, 0.5) is 0 Å². The van der Waals surface area contributed by atoms with Gasteiger partial charge in [-0.1, -0.05) is 25.5 Å². The average molecular weight is 349 g/mol. The van der Waals surface area contributed by atoms with Crippen LogP contribution >= 0.6 is 0 Å². The lowest BCUT2D eigenvalue weighted by molar-refractivity contribution is -0.129. The van der Waals surface area contributed by atoms with E-state index in [2.05, 4.69) is 19.9 Å². The molecule has 0 spiro atoms. The molecule has 7 atom stereocenters. The van der Waals surface area contributed by atoms with Crippen molar-refractivity contribution in [3.63, 3.8) is 0 Å². The Hall–Kier alpha value is -0.380. The molecule has 0 aromatic rings. The zero-order chi connectivity index (χ0) is 17.9. The predicted octanol–water partition coefficient (Wildman–Crippen LogP) is 3.81. The van der Waals surface area contributed by atoms with Crippen molar-refractivity contribution in [3.8, 4) is 0 Å². The molecule has 3 heteroatoms. The Morgan fingerprint density at radius 3 is 2.60 bits per heavy atom. The van der Waals surface area contributed by atoms with Crippen LogP contribution in [0.5, 0.6) is 0 Å². The summed E-state index contributed by atoms with van der Waals surface area (Å²) in [7, 11) is 0. The quantitative estimate of drug-likeness (QED) is 0.680. The standard InChI is InChI=1S/C22H36O3/c1-20-10-6-16(24)14-15(20)4-5-17-18(20)7-11-21(2)19(17)8-12-22(21,25)9-3-13-23/h4,16-19,23-25H,3,5-14H2,1-2H3/t16-,17?,18?,19?,20-,21-,22-/m0/s1. The summed E-state index contributed by atoms with van der Waals surface area (Å²) < 4.78 is 0. The van der Waals surface area contributed by atoms with E-state index in [-0.39, 0.29) is 23.5 Å². The summed E-state index contributed by atoms with van der Waals surface area (Å²) in [6.07, 6.45) is 12.2. The van der Waals surface area contributed by atoms with Gasteiger partial charge in [0.25, 0.3) is 0 Å². The molecule has 0 bridgehead atoms. The third-order valence-electron chi connectivity index (χ3n) is 9.15. The minimum atomic E-state index is -0.584. The van der Waals surface area contributed by atoms with E-state index in [1.807, 2.05) is 0 Å². The van der Waals surface area contributed by atoms with E-state index in [9.17, 15) is 15.3 Å². The van der Waals surface area contributed by atoms with Gasteiger partial charge in [-0.15, -0.1) is 0 Å². The first kappa shape index (κ1) is 18.0. The maximum absolute atomic E-state index is 11.4. The number of allylic oxidation sites excluding steroid dienone is 1. The molecular formula is C22H36O3. The highest BCUT2D eigenvalue weighted by Crippen LogP contribution is 2.67. The molecule has 3 N–H and O–H groups in total. The van der Waals surface area contributed by atoms with E-state index >= 15 is 0 Å². The summed E-state index contributed by atoms with van der Waals surface area (Å²) in [5.74, 6) is 2.01. The molecule has 4 aliphatic rings. The number of fused-ring (bicyclic) bond motifs is 5. The SMILES string of the molecule is C[C@]12CC[C@H](O)CC1=CCC1C2CC[C@@]2(C)C1CC[C@@]2(O)CCCO. The first-order valence-corrected chi connectivity index (χ1v) is 10.5. The Kier molecular flexibility index (Phi) is 4.37. The topological polar surface area (TPSA) is 60.7 Å². The van der Waals surface area contributed by atoms with Crippen LogP contribution in [0.3, 0.4) is 0 Å². The van der Waals surface area contributed by atoms with Crippen molar-refractivity contribution in [2.24, 2.45) is 28.6 Å². The summed E-state index contributed by atoms with van der Waals surface area (Å²) in [4.78, 5) is 0. The molecule has 3 fully saturated rings. The van der Waals surface area contributed by atoms with Crippen molar-refractivity contribution in [1.82, 2.24) is 0 Å². The van der Waals surface area contributed by atoms with Crippen LogP contribution in [0.2, 0.25) is 0 Å². The highest BCUT2D eigenvalue weighted by atomic mass is 16.3. The zero-order valence-electron chi connectivity index (χ0n) is 16.0. The van der Waals surface area contributed by atoms with E-state index in [1.165, 1.54) is 12.0 Å². The van der Waals surface area contributed by atoms with Crippen LogP contribution in [-0.4, -0.2) is 33.6 Å². The van der Waals surface area contributed by atoms with Gasteiger partial charge >= 0.3 is 0 Å². The molecule has 0 saturated heterocycles. The third-order valence-corrected chi connectivity index (χ3v) is 9.15. The lowest BCUT2D eigenvalue weighted by Gasteiger charge is -2.59. The van der Waals surface area contributed by atoms with E-state index in [0.29, 0.717) is 18.3 Å². The molecule has 4 rings (SSSR count). The molecule has 0 aliphatic heterocycles. The van der Waals surface area contributed by atoms with Crippen molar-refractivity contribution in [2.75, 3.05) is 6.61 Å². The molecule has 3 nitrogen and oxygen atoms in total. The summed E-state index contributed by atoms with van der Waals surface area (Å²) >= 11 is 0. The minimum absolute atomic E-state index is 0.0131. The Morgan fingerprint density at radius 2 is 1.84 bits per heavy atom. The highest BCUT2D eigenvalue weighted by Gasteiger charge is 2.63. The fourth-order valence-corrected chi connectivity index (χ4v) is 7.53. The van der Waals surface area contributed by atoms with Crippen LogP contribution in [0.15, 0.2) is 11.6 Å². The largest absolute Gasteiger partial charge is 0.396 e. The van der Waals surface area contributed by atoms with Crippen molar-refractivity contribution < 1.29 is 15.3 Å². The number of rotatable bonds is 3. The molecule has 0 amide bonds. The number of hydrogen-bond acceptors (Lipinski definition) is 3. The third kappa shape index (κ3) is 2.49. The van der Waals surface area contributed by atoms with Gasteiger partial charge in [0.1, 0.15) is 0 Å². The lowest BCUT2D eigenvalue weighted by Crippen LogP contribution is -2.54. The summed E-state index contributed by atoms with van der Waals surface area (Å²) in [6.45, 7) is 4.98. The number of aliphatic hydroxyl groups is 3. The van der Waals surface area contributed by atoms with Crippen molar-refractivity contribution in [1.29, 1.82) is 0 Å². The first-order chi connectivity index (χ1) is 11.8. The van der Waals surface area contributed by atoms with Gasteiger partial charge in [0.2, 0.25) is 0 Å². The molecular weight excluding hydrogens is 312 g/mol. The fraction of sp³-hybridized carbons (Fsp3) is 0.909. The van der Waals surface area contributed by atoms with E-state index in [4.69, 9.17) is 0 Å². The molecule has 3 unspecified atom stereocenters. The maximum atomic E-state index is 11.4. The van der Waals surface area contributed by atoms with E-state index in [1.54, 1.807) is 0 Å². The van der Waals surface area contributed by atoms with Crippen LogP contribution in [0, 0.1) is 28.6 Å². The Balaban J connectivity index is 1.62. The second kappa shape index (κ2) is 6.07. The van der Waals surface area contributed by atoms with Gasteiger partial charge < -0.3 is 15.3 Å². The Labute approximate surface area is 152 Å². The lowest BCUT2D eigenvalue weighted by atomic mass is 9.47. The smallest absolute Gasteiger partial charge is 0.0704 e. The van der Waals surface area contributed by atoms with E-state index < -0.39 is 5.60 Å². The summed E-state index contributed by atoms with van der Waals surface area (Å²) in [5.41, 5.74) is 1.22. The molecule has 0 radical (unpaired) electrons. The van der Waals surface area contributed by atoms with Gasteiger partial charge in [-0.25, -0.2) is 0 Å². The minimum Gasteiger partial charge on any atom is -0.396 e. The van der Waals surface area contributed by atoms with Crippen LogP contribution in [-0.2, 0) is 0 Å². The van der Waals surface area contributed by atoms with Gasteiger partial charge in [0.15, 0.2) is 0 Å². The monoisotopic (exact) mass is 348 g/mol. The van der Waals surface area contributed by atoms with Gasteiger partial charge in [-0.3, -0.25) is 0 Å². The van der Waals surface area contributed by atoms with Crippen LogP contribution < -0.4 is 0 Å². The van der Waals surface area contributed by atoms with Crippen LogP contribution in [0.1, 0.15) is 78.1 Å². The van der Waals surface area contributed by atoms with Crippen molar-refractivity contribution in [2.45, 2.75) is 89.8 Å². The normalized spacial score (nSPS) is 52.1. The second-order valence-corrected chi connectivity index (χ2v) is 10.0. The van der Waals surface area contributed by atoms with Gasteiger partial charge in [0, 0.05) is 6.61 Å². The van der Waals surface area contributed by atoms with Gasteiger partial charge in [0.05, 0.1) is 11.7 Å². The molecule has 0 aromatic carbocycles. The molecule has 0 aromatic heterocycles. The highest BCUT2D eigenvalue weighted by molar-refractivity contribution is 5.26. The fourth-order valence-electron chi connectivity index (χ4n) is 7.53. The zero-order valence-corrected chi connectivity index (χ0v) is 16.0. The number of aliphatic hydroxyl groups excluding tert-OH is 2. The molecule has 25 heavy (non-hydrogen) atoms. The number of hydrogen-bond donors (Lipinski definition) is 3. The Bertz CT molecular complexity index is 557. The molecule has 4 aliphatic carbocycles. The average Bonchev–Trinajstić information content (AvgIpc) is 2.85. The van der Waals surface area contributed by atoms with Gasteiger partial charge in [-0.2, -0.15) is 0 Å². The molecule has 0 heterocycles. The molecule has 142 valence electrons.